The molecule has 0 radical (unpaired) electrons. The second kappa shape index (κ2) is 7.20. The summed E-state index contributed by atoms with van der Waals surface area (Å²) in [6.45, 7) is 5.51. The van der Waals surface area contributed by atoms with Crippen LogP contribution >= 0.6 is 0 Å². The Morgan fingerprint density at radius 2 is 2.00 bits per heavy atom. The minimum atomic E-state index is -0.982. The second-order valence-corrected chi connectivity index (χ2v) is 4.84. The maximum Gasteiger partial charge on any atom is 0.326 e. The van der Waals surface area contributed by atoms with E-state index in [-0.39, 0.29) is 18.0 Å². The Balaban J connectivity index is 2.42. The van der Waals surface area contributed by atoms with Gasteiger partial charge in [-0.3, -0.25) is 0 Å². The van der Waals surface area contributed by atoms with Crippen LogP contribution in [-0.2, 0) is 4.79 Å². The van der Waals surface area contributed by atoms with Gasteiger partial charge in [0.2, 0.25) is 0 Å². The van der Waals surface area contributed by atoms with E-state index in [0.29, 0.717) is 6.42 Å². The number of carbonyl (C=O) groups is 2. The molecule has 0 aliphatic carbocycles. The largest absolute Gasteiger partial charge is 0.480 e. The normalized spacial score (nSPS) is 19.9. The number of carboxylic acids is 1. The molecule has 0 aromatic heterocycles. The van der Waals surface area contributed by atoms with Crippen LogP contribution in [0.2, 0.25) is 0 Å². The highest BCUT2D eigenvalue weighted by Crippen LogP contribution is 2.08. The van der Waals surface area contributed by atoms with Gasteiger partial charge in [0.05, 0.1) is 0 Å². The van der Waals surface area contributed by atoms with Crippen LogP contribution in [0.25, 0.3) is 0 Å². The number of amides is 2. The number of urea groups is 1. The zero-order valence-electron chi connectivity index (χ0n) is 11.0. The predicted octanol–water partition coefficient (Wildman–Crippen LogP) is 0.537. The molecule has 2 amide bonds. The molecule has 1 fully saturated rings. The Morgan fingerprint density at radius 3 is 2.50 bits per heavy atom. The number of carbonyl (C=O) groups excluding carboxylic acids is 1. The fourth-order valence-electron chi connectivity index (χ4n) is 2.02. The third kappa shape index (κ3) is 4.52. The SMILES string of the molecule is CC[C@H](C)[C@H](NC(=O)NC1CCNCC1)C(=O)O. The number of piperidine rings is 1. The van der Waals surface area contributed by atoms with E-state index in [4.69, 9.17) is 5.11 Å². The van der Waals surface area contributed by atoms with Crippen molar-refractivity contribution in [2.75, 3.05) is 13.1 Å². The van der Waals surface area contributed by atoms with Crippen LogP contribution in [0.4, 0.5) is 4.79 Å². The van der Waals surface area contributed by atoms with Crippen LogP contribution in [-0.4, -0.2) is 42.3 Å². The molecule has 18 heavy (non-hydrogen) atoms. The van der Waals surface area contributed by atoms with Gasteiger partial charge in [-0.25, -0.2) is 9.59 Å². The number of nitrogens with one attached hydrogen (secondary N) is 3. The average Bonchev–Trinajstić information content (AvgIpc) is 2.36. The molecular formula is C12H23N3O3. The lowest BCUT2D eigenvalue weighted by Gasteiger charge is -2.26. The van der Waals surface area contributed by atoms with Gasteiger partial charge >= 0.3 is 12.0 Å². The van der Waals surface area contributed by atoms with E-state index >= 15 is 0 Å². The summed E-state index contributed by atoms with van der Waals surface area (Å²) in [5.74, 6) is -1.06. The average molecular weight is 257 g/mol. The molecule has 0 aromatic carbocycles. The summed E-state index contributed by atoms with van der Waals surface area (Å²) in [4.78, 5) is 22.8. The highest BCUT2D eigenvalue weighted by molar-refractivity contribution is 5.82. The van der Waals surface area contributed by atoms with Crippen molar-refractivity contribution >= 4 is 12.0 Å². The molecule has 2 atom stereocenters. The Hall–Kier alpha value is -1.30. The van der Waals surface area contributed by atoms with Gasteiger partial charge in [0, 0.05) is 6.04 Å². The first-order valence-corrected chi connectivity index (χ1v) is 6.55. The summed E-state index contributed by atoms with van der Waals surface area (Å²) in [7, 11) is 0. The number of carboxylic acid groups (broad SMARTS) is 1. The molecule has 0 saturated carbocycles. The van der Waals surface area contributed by atoms with E-state index in [9.17, 15) is 9.59 Å². The molecule has 1 aliphatic rings. The van der Waals surface area contributed by atoms with Crippen LogP contribution in [0.3, 0.4) is 0 Å². The molecular weight excluding hydrogens is 234 g/mol. The van der Waals surface area contributed by atoms with Crippen molar-refractivity contribution in [1.82, 2.24) is 16.0 Å². The van der Waals surface area contributed by atoms with Gasteiger partial charge in [-0.2, -0.15) is 0 Å². The Labute approximate surface area is 108 Å². The smallest absolute Gasteiger partial charge is 0.326 e. The zero-order valence-corrected chi connectivity index (χ0v) is 11.0. The summed E-state index contributed by atoms with van der Waals surface area (Å²) in [5.41, 5.74) is 0. The standard InChI is InChI=1S/C12H23N3O3/c1-3-8(2)10(11(16)17)15-12(18)14-9-4-6-13-7-5-9/h8-10,13H,3-7H2,1-2H3,(H,16,17)(H2,14,15,18)/t8-,10-/m0/s1. The Kier molecular flexibility index (Phi) is 5.91. The lowest BCUT2D eigenvalue weighted by atomic mass is 9.99. The van der Waals surface area contributed by atoms with Gasteiger partial charge in [0.1, 0.15) is 6.04 Å². The molecule has 0 bridgehead atoms. The zero-order chi connectivity index (χ0) is 13.5. The van der Waals surface area contributed by atoms with Crippen molar-refractivity contribution in [3.05, 3.63) is 0 Å². The molecule has 1 aliphatic heterocycles. The number of hydrogen-bond acceptors (Lipinski definition) is 3. The van der Waals surface area contributed by atoms with Crippen LogP contribution in [0, 0.1) is 5.92 Å². The molecule has 1 rings (SSSR count). The number of rotatable bonds is 5. The third-order valence-electron chi connectivity index (χ3n) is 3.44. The van der Waals surface area contributed by atoms with E-state index < -0.39 is 12.0 Å². The van der Waals surface area contributed by atoms with E-state index in [2.05, 4.69) is 16.0 Å². The quantitative estimate of drug-likeness (QED) is 0.578. The fourth-order valence-corrected chi connectivity index (χ4v) is 2.02. The minimum Gasteiger partial charge on any atom is -0.480 e. The lowest BCUT2D eigenvalue weighted by Crippen LogP contribution is -2.52. The van der Waals surface area contributed by atoms with Gasteiger partial charge < -0.3 is 21.1 Å². The van der Waals surface area contributed by atoms with Gasteiger partial charge in [-0.05, 0) is 31.8 Å². The minimum absolute atomic E-state index is 0.0822. The monoisotopic (exact) mass is 257 g/mol. The molecule has 1 heterocycles. The van der Waals surface area contributed by atoms with Gasteiger partial charge in [-0.15, -0.1) is 0 Å². The summed E-state index contributed by atoms with van der Waals surface area (Å²) in [5, 5.41) is 17.7. The summed E-state index contributed by atoms with van der Waals surface area (Å²) < 4.78 is 0. The maximum absolute atomic E-state index is 11.7. The first-order valence-electron chi connectivity index (χ1n) is 6.55. The fraction of sp³-hybridized carbons (Fsp3) is 0.833. The molecule has 4 N–H and O–H groups in total. The predicted molar refractivity (Wildman–Crippen MR) is 68.4 cm³/mol. The van der Waals surface area contributed by atoms with E-state index in [1.165, 1.54) is 0 Å². The Morgan fingerprint density at radius 1 is 1.39 bits per heavy atom. The molecule has 6 heteroatoms. The maximum atomic E-state index is 11.7. The topological polar surface area (TPSA) is 90.5 Å². The molecule has 6 nitrogen and oxygen atoms in total. The molecule has 1 saturated heterocycles. The summed E-state index contributed by atoms with van der Waals surface area (Å²) >= 11 is 0. The molecule has 0 aromatic rings. The Bertz CT molecular complexity index is 290. The highest BCUT2D eigenvalue weighted by Gasteiger charge is 2.26. The van der Waals surface area contributed by atoms with Crippen molar-refractivity contribution in [1.29, 1.82) is 0 Å². The second-order valence-electron chi connectivity index (χ2n) is 4.84. The van der Waals surface area contributed by atoms with Crippen LogP contribution in [0.5, 0.6) is 0 Å². The van der Waals surface area contributed by atoms with Crippen molar-refractivity contribution in [3.63, 3.8) is 0 Å². The van der Waals surface area contributed by atoms with Crippen LogP contribution < -0.4 is 16.0 Å². The van der Waals surface area contributed by atoms with Gasteiger partial charge in [0.25, 0.3) is 0 Å². The van der Waals surface area contributed by atoms with Crippen molar-refractivity contribution in [2.24, 2.45) is 5.92 Å². The van der Waals surface area contributed by atoms with Crippen molar-refractivity contribution in [3.8, 4) is 0 Å². The van der Waals surface area contributed by atoms with Crippen LogP contribution in [0.15, 0.2) is 0 Å². The first kappa shape index (κ1) is 14.8. The van der Waals surface area contributed by atoms with E-state index in [0.717, 1.165) is 25.9 Å². The van der Waals surface area contributed by atoms with Crippen molar-refractivity contribution in [2.45, 2.75) is 45.2 Å². The summed E-state index contributed by atoms with van der Waals surface area (Å²) in [6, 6.07) is -1.07. The van der Waals surface area contributed by atoms with Crippen LogP contribution in [0.1, 0.15) is 33.1 Å². The highest BCUT2D eigenvalue weighted by atomic mass is 16.4. The molecule has 0 unspecified atom stereocenters. The lowest BCUT2D eigenvalue weighted by molar-refractivity contribution is -0.140. The number of hydrogen-bond donors (Lipinski definition) is 4. The summed E-state index contributed by atoms with van der Waals surface area (Å²) in [6.07, 6.45) is 2.48. The van der Waals surface area contributed by atoms with Gasteiger partial charge in [-0.1, -0.05) is 20.3 Å². The van der Waals surface area contributed by atoms with E-state index in [1.807, 2.05) is 13.8 Å². The van der Waals surface area contributed by atoms with Gasteiger partial charge in [0.15, 0.2) is 0 Å². The van der Waals surface area contributed by atoms with E-state index in [1.54, 1.807) is 0 Å². The van der Waals surface area contributed by atoms with Crippen molar-refractivity contribution < 1.29 is 14.7 Å². The first-order chi connectivity index (χ1) is 8.54. The molecule has 104 valence electrons. The number of aliphatic carboxylic acids is 1. The third-order valence-corrected chi connectivity index (χ3v) is 3.44. The molecule has 0 spiro atoms.